The quantitative estimate of drug-likeness (QED) is 0.535. The Kier molecular flexibility index (Phi) is 8.72. The molecular weight excluding hydrogens is 440 g/mol. The Bertz CT molecular complexity index is 1010. The summed E-state index contributed by atoms with van der Waals surface area (Å²) in [7, 11) is -1.03. The molecule has 0 aliphatic carbocycles. The second-order valence-corrected chi connectivity index (χ2v) is 9.84. The molecule has 0 saturated carbocycles. The first-order valence-corrected chi connectivity index (χ1v) is 12.5. The smallest absolute Gasteiger partial charge is 0.341 e. The average Bonchev–Trinajstić information content (AvgIpc) is 3.10. The normalized spacial score (nSPS) is 12.4. The van der Waals surface area contributed by atoms with Crippen LogP contribution in [0.2, 0.25) is 0 Å². The van der Waals surface area contributed by atoms with Crippen molar-refractivity contribution in [3.63, 3.8) is 0 Å². The van der Waals surface area contributed by atoms with E-state index >= 15 is 0 Å². The second-order valence-electron chi connectivity index (χ2n) is 7.14. The number of sulfonamides is 1. The van der Waals surface area contributed by atoms with Crippen LogP contribution in [0.5, 0.6) is 0 Å². The fourth-order valence-electron chi connectivity index (χ4n) is 2.95. The van der Waals surface area contributed by atoms with E-state index in [0.717, 1.165) is 5.56 Å². The summed E-state index contributed by atoms with van der Waals surface area (Å²) in [4.78, 5) is 26.3. The predicted molar refractivity (Wildman–Crippen MR) is 120 cm³/mol. The highest BCUT2D eigenvalue weighted by molar-refractivity contribution is 7.98. The highest BCUT2D eigenvalue weighted by Gasteiger charge is 2.28. The number of benzene rings is 1. The second kappa shape index (κ2) is 10.8. The topological polar surface area (TPSA) is 106 Å². The number of aryl methyl sites for hydroxylation is 2. The Labute approximate surface area is 187 Å². The van der Waals surface area contributed by atoms with Crippen LogP contribution in [0.15, 0.2) is 39.6 Å². The van der Waals surface area contributed by atoms with Crippen molar-refractivity contribution in [3.05, 3.63) is 53.0 Å². The molecule has 2 aromatic rings. The molecule has 1 unspecified atom stereocenters. The molecule has 1 amide bonds. The molecule has 31 heavy (non-hydrogen) atoms. The maximum Gasteiger partial charge on any atom is 0.341 e. The lowest BCUT2D eigenvalue weighted by molar-refractivity contribution is -0.132. The molecule has 0 fully saturated rings. The maximum absolute atomic E-state index is 13.1. The number of nitrogens with one attached hydrogen (secondary N) is 1. The SMILES string of the molecule is COC(=O)c1cc(CN(C)C(=O)C(CCSC)NS(=O)(=O)c2ccc(C)cc2)oc1C. The third-order valence-corrected chi connectivity index (χ3v) is 6.81. The molecule has 1 aromatic carbocycles. The van der Waals surface area contributed by atoms with Crippen LogP contribution in [-0.4, -0.2) is 57.4 Å². The van der Waals surface area contributed by atoms with Crippen molar-refractivity contribution in [2.75, 3.05) is 26.2 Å². The number of hydrogen-bond donors (Lipinski definition) is 1. The molecule has 8 nitrogen and oxygen atoms in total. The van der Waals surface area contributed by atoms with Gasteiger partial charge in [-0.15, -0.1) is 0 Å². The highest BCUT2D eigenvalue weighted by atomic mass is 32.2. The monoisotopic (exact) mass is 468 g/mol. The lowest BCUT2D eigenvalue weighted by atomic mass is 10.2. The van der Waals surface area contributed by atoms with Crippen molar-refractivity contribution >= 4 is 33.7 Å². The Morgan fingerprint density at radius 2 is 1.87 bits per heavy atom. The van der Waals surface area contributed by atoms with Crippen molar-refractivity contribution in [3.8, 4) is 0 Å². The van der Waals surface area contributed by atoms with Crippen LogP contribution in [0.1, 0.15) is 33.9 Å². The standard InChI is InChI=1S/C21H28N2O6S2/c1-14-6-8-17(9-7-14)31(26,27)22-19(10-11-30-5)20(24)23(3)13-16-12-18(15(2)29-16)21(25)28-4/h6-9,12,19,22H,10-11,13H2,1-5H3. The molecule has 2 rings (SSSR count). The number of esters is 1. The van der Waals surface area contributed by atoms with Crippen LogP contribution in [0.25, 0.3) is 0 Å². The van der Waals surface area contributed by atoms with Gasteiger partial charge in [-0.25, -0.2) is 13.2 Å². The number of likely N-dealkylation sites (N-methyl/N-ethyl adjacent to an activating group) is 1. The van der Waals surface area contributed by atoms with E-state index in [4.69, 9.17) is 9.15 Å². The molecule has 0 aliphatic rings. The van der Waals surface area contributed by atoms with Crippen LogP contribution < -0.4 is 4.72 Å². The molecule has 0 aliphatic heterocycles. The summed E-state index contributed by atoms with van der Waals surface area (Å²) in [6.07, 6.45) is 2.22. The zero-order chi connectivity index (χ0) is 23.2. The molecule has 0 saturated heterocycles. The number of amides is 1. The van der Waals surface area contributed by atoms with E-state index in [2.05, 4.69) is 4.72 Å². The minimum Gasteiger partial charge on any atom is -0.465 e. The summed E-state index contributed by atoms with van der Waals surface area (Å²) in [6, 6.07) is 7.03. The van der Waals surface area contributed by atoms with Crippen molar-refractivity contribution in [2.24, 2.45) is 0 Å². The predicted octanol–water partition coefficient (Wildman–Crippen LogP) is 2.74. The molecule has 10 heteroatoms. The highest BCUT2D eigenvalue weighted by Crippen LogP contribution is 2.18. The largest absolute Gasteiger partial charge is 0.465 e. The van der Waals surface area contributed by atoms with Gasteiger partial charge >= 0.3 is 5.97 Å². The van der Waals surface area contributed by atoms with Gasteiger partial charge in [-0.1, -0.05) is 17.7 Å². The first kappa shape index (κ1) is 25.0. The Hall–Kier alpha value is -2.30. The third kappa shape index (κ3) is 6.59. The van der Waals surface area contributed by atoms with E-state index in [-0.39, 0.29) is 17.0 Å². The van der Waals surface area contributed by atoms with Gasteiger partial charge in [-0.3, -0.25) is 4.79 Å². The third-order valence-electron chi connectivity index (χ3n) is 4.68. The van der Waals surface area contributed by atoms with Gasteiger partial charge in [0, 0.05) is 7.05 Å². The fourth-order valence-corrected chi connectivity index (χ4v) is 4.65. The number of carbonyl (C=O) groups is 2. The van der Waals surface area contributed by atoms with E-state index in [1.807, 2.05) is 13.2 Å². The first-order chi connectivity index (χ1) is 14.6. The van der Waals surface area contributed by atoms with Crippen LogP contribution in [0, 0.1) is 13.8 Å². The number of thioether (sulfide) groups is 1. The van der Waals surface area contributed by atoms with E-state index in [1.165, 1.54) is 42.0 Å². The number of carbonyl (C=O) groups excluding carboxylic acids is 2. The van der Waals surface area contributed by atoms with Gasteiger partial charge < -0.3 is 14.1 Å². The van der Waals surface area contributed by atoms with Crippen molar-refractivity contribution in [1.82, 2.24) is 9.62 Å². The molecule has 1 heterocycles. The Balaban J connectivity index is 2.18. The van der Waals surface area contributed by atoms with Crippen LogP contribution >= 0.6 is 11.8 Å². The van der Waals surface area contributed by atoms with Gasteiger partial charge in [-0.2, -0.15) is 16.5 Å². The van der Waals surface area contributed by atoms with Crippen molar-refractivity contribution in [1.29, 1.82) is 0 Å². The first-order valence-electron chi connectivity index (χ1n) is 9.59. The summed E-state index contributed by atoms with van der Waals surface area (Å²) in [5, 5.41) is 0. The number of rotatable bonds is 10. The molecule has 1 atom stereocenters. The summed E-state index contributed by atoms with van der Waals surface area (Å²) < 4.78 is 38.4. The van der Waals surface area contributed by atoms with E-state index in [9.17, 15) is 18.0 Å². The van der Waals surface area contributed by atoms with Crippen molar-refractivity contribution in [2.45, 2.75) is 37.8 Å². The molecule has 170 valence electrons. The molecule has 0 bridgehead atoms. The molecule has 1 N–H and O–H groups in total. The summed E-state index contributed by atoms with van der Waals surface area (Å²) in [6.45, 7) is 3.58. The number of hydrogen-bond acceptors (Lipinski definition) is 7. The van der Waals surface area contributed by atoms with Crippen LogP contribution in [0.4, 0.5) is 0 Å². The Morgan fingerprint density at radius 1 is 1.23 bits per heavy atom. The van der Waals surface area contributed by atoms with Crippen LogP contribution in [0.3, 0.4) is 0 Å². The average molecular weight is 469 g/mol. The van der Waals surface area contributed by atoms with E-state index in [1.54, 1.807) is 26.1 Å². The van der Waals surface area contributed by atoms with Gasteiger partial charge in [0.2, 0.25) is 15.9 Å². The lowest BCUT2D eigenvalue weighted by Crippen LogP contribution is -2.47. The zero-order valence-electron chi connectivity index (χ0n) is 18.3. The Morgan fingerprint density at radius 3 is 2.45 bits per heavy atom. The molecule has 1 aromatic heterocycles. The van der Waals surface area contributed by atoms with E-state index < -0.39 is 27.9 Å². The summed E-state index contributed by atoms with van der Waals surface area (Å²) in [5.41, 5.74) is 1.23. The fraction of sp³-hybridized carbons (Fsp3) is 0.429. The number of nitrogens with zero attached hydrogens (tertiary/aromatic N) is 1. The van der Waals surface area contributed by atoms with Gasteiger partial charge in [0.1, 0.15) is 23.1 Å². The van der Waals surface area contributed by atoms with Gasteiger partial charge in [0.15, 0.2) is 0 Å². The molecule has 0 spiro atoms. The van der Waals surface area contributed by atoms with Crippen molar-refractivity contribution < 1.29 is 27.2 Å². The summed E-state index contributed by atoms with van der Waals surface area (Å²) in [5.74, 6) is 0.483. The van der Waals surface area contributed by atoms with Gasteiger partial charge in [0.25, 0.3) is 0 Å². The maximum atomic E-state index is 13.1. The summed E-state index contributed by atoms with van der Waals surface area (Å²) >= 11 is 1.52. The van der Waals surface area contributed by atoms with Gasteiger partial charge in [-0.05, 0) is 50.5 Å². The minimum absolute atomic E-state index is 0.0820. The number of furan rings is 1. The van der Waals surface area contributed by atoms with Crippen LogP contribution in [-0.2, 0) is 26.1 Å². The number of ether oxygens (including phenoxy) is 1. The number of methoxy groups -OCH3 is 1. The zero-order valence-corrected chi connectivity index (χ0v) is 19.9. The van der Waals surface area contributed by atoms with E-state index in [0.29, 0.717) is 23.7 Å². The molecular formula is C21H28N2O6S2. The minimum atomic E-state index is -3.87. The van der Waals surface area contributed by atoms with Gasteiger partial charge in [0.05, 0.1) is 18.6 Å². The molecule has 0 radical (unpaired) electrons. The lowest BCUT2D eigenvalue weighted by Gasteiger charge is -2.24.